The highest BCUT2D eigenvalue weighted by atomic mass is 35.5. The molecule has 36 heavy (non-hydrogen) atoms. The van der Waals surface area contributed by atoms with Gasteiger partial charge in [-0.15, -0.1) is 0 Å². The van der Waals surface area contributed by atoms with Crippen molar-refractivity contribution in [2.45, 2.75) is 26.2 Å². The summed E-state index contributed by atoms with van der Waals surface area (Å²) in [5, 5.41) is 3.05. The number of halogens is 3. The van der Waals surface area contributed by atoms with Crippen LogP contribution in [0.3, 0.4) is 0 Å². The average molecular weight is 522 g/mol. The van der Waals surface area contributed by atoms with Gasteiger partial charge >= 0.3 is 0 Å². The number of rotatable bonds is 6. The number of carbonyl (C=O) groups excluding carboxylic acids is 1. The lowest BCUT2D eigenvalue weighted by Gasteiger charge is -2.41. The fraction of sp³-hybridized carbons (Fsp3) is 0.440. The van der Waals surface area contributed by atoms with Crippen molar-refractivity contribution >= 4 is 34.4 Å². The molecule has 0 spiro atoms. The summed E-state index contributed by atoms with van der Waals surface area (Å²) in [5.41, 5.74) is 1.25. The maximum absolute atomic E-state index is 14.3. The molecule has 3 heterocycles. The van der Waals surface area contributed by atoms with Gasteiger partial charge < -0.3 is 19.5 Å². The lowest BCUT2D eigenvalue weighted by atomic mass is 9.87. The number of alkyl halides is 2. The Morgan fingerprint density at radius 1 is 1.31 bits per heavy atom. The normalized spacial score (nSPS) is 20.6. The van der Waals surface area contributed by atoms with Crippen molar-refractivity contribution in [2.24, 2.45) is 18.9 Å². The fourth-order valence-electron chi connectivity index (χ4n) is 4.33. The molecule has 2 aromatic heterocycles. The van der Waals surface area contributed by atoms with Crippen LogP contribution in [0.2, 0.25) is 5.02 Å². The number of benzene rings is 1. The minimum atomic E-state index is -2.76. The van der Waals surface area contributed by atoms with E-state index in [-0.39, 0.29) is 25.3 Å². The first-order chi connectivity index (χ1) is 17.7. The van der Waals surface area contributed by atoms with Gasteiger partial charge in [-0.25, -0.2) is 18.7 Å². The van der Waals surface area contributed by atoms with Crippen LogP contribution in [-0.4, -0.2) is 53.1 Å². The van der Waals surface area contributed by atoms with Crippen molar-refractivity contribution in [2.75, 3.05) is 31.6 Å². The van der Waals surface area contributed by atoms with Gasteiger partial charge in [-0.2, -0.15) is 0 Å². The van der Waals surface area contributed by atoms with Crippen LogP contribution >= 0.6 is 11.6 Å². The second-order valence-corrected chi connectivity index (χ2v) is 9.48. The van der Waals surface area contributed by atoms with E-state index in [9.17, 15) is 18.4 Å². The monoisotopic (exact) mass is 521 g/mol. The number of nitrogens with zero attached hydrogens (tertiary/aromatic N) is 4. The third kappa shape index (κ3) is 5.00. The van der Waals surface area contributed by atoms with Crippen molar-refractivity contribution in [3.63, 3.8) is 0 Å². The van der Waals surface area contributed by atoms with Crippen LogP contribution < -0.4 is 20.5 Å². The number of anilines is 1. The fourth-order valence-corrected chi connectivity index (χ4v) is 4.49. The van der Waals surface area contributed by atoms with Gasteiger partial charge in [-0.1, -0.05) is 31.5 Å². The average Bonchev–Trinajstić information content (AvgIpc) is 2.86. The smallest absolute Gasteiger partial charge is 0.293 e. The molecule has 1 amide bonds. The Bertz CT molecular complexity index is 1440. The Balaban J connectivity index is 1.65. The highest BCUT2D eigenvalue weighted by Gasteiger charge is 2.47. The predicted octanol–water partition coefficient (Wildman–Crippen LogP) is 3.43. The summed E-state index contributed by atoms with van der Waals surface area (Å²) in [4.78, 5) is 35.1. The molecule has 0 radical (unpaired) electrons. The molecular weight excluding hydrogens is 492 g/mol. The molecule has 3 aromatic rings. The van der Waals surface area contributed by atoms with E-state index in [1.54, 1.807) is 23.1 Å². The van der Waals surface area contributed by atoms with Gasteiger partial charge in [-0.05, 0) is 23.8 Å². The van der Waals surface area contributed by atoms with Crippen LogP contribution in [0.4, 0.5) is 14.7 Å². The number of hydrogen-bond donors (Lipinski definition) is 1. The molecule has 8 nitrogen and oxygen atoms in total. The van der Waals surface area contributed by atoms with Gasteiger partial charge in [0.2, 0.25) is 5.95 Å². The maximum Gasteiger partial charge on any atom is 0.293 e. The minimum Gasteiger partial charge on any atom is -0.478 e. The summed E-state index contributed by atoms with van der Waals surface area (Å²) in [6.07, 6.45) is 1.75. The molecule has 0 aliphatic carbocycles. The summed E-state index contributed by atoms with van der Waals surface area (Å²) in [7, 11) is 2.78. The number of aromatic nitrogens is 3. The number of ether oxygens (including phenoxy) is 1. The Kier molecular flexibility index (Phi) is 6.43. The van der Waals surface area contributed by atoms with E-state index in [2.05, 4.69) is 15.3 Å². The van der Waals surface area contributed by atoms with E-state index in [1.165, 1.54) is 44.8 Å². The first-order valence-corrected chi connectivity index (χ1v) is 11.8. The molecule has 1 fully saturated rings. The molecule has 1 saturated heterocycles. The van der Waals surface area contributed by atoms with Crippen molar-refractivity contribution in [3.05, 3.63) is 57.1 Å². The van der Waals surface area contributed by atoms with Crippen LogP contribution in [0.15, 0.2) is 35.3 Å². The molecule has 1 aliphatic rings. The molecule has 1 aromatic carbocycles. The number of amides is 1. The third-order valence-electron chi connectivity index (χ3n) is 6.50. The number of carbonyl (C=O) groups is 1. The lowest BCUT2D eigenvalue weighted by molar-refractivity contribution is -0.122. The number of fused-ring (bicyclic) bond motifs is 1. The number of likely N-dealkylation sites (N-methyl/N-ethyl adjacent to an activating group) is 1. The minimum absolute atomic E-state index is 0.120. The van der Waals surface area contributed by atoms with E-state index in [1.807, 2.05) is 0 Å². The summed E-state index contributed by atoms with van der Waals surface area (Å²) in [6, 6.07) is 6.69. The van der Waals surface area contributed by atoms with Crippen molar-refractivity contribution < 1.29 is 21.1 Å². The third-order valence-corrected chi connectivity index (χ3v) is 6.81. The zero-order chi connectivity index (χ0) is 28.0. The molecule has 1 aliphatic heterocycles. The largest absolute Gasteiger partial charge is 0.478 e. The molecule has 0 saturated carbocycles. The Morgan fingerprint density at radius 3 is 2.67 bits per heavy atom. The van der Waals surface area contributed by atoms with Crippen LogP contribution in [-0.2, 0) is 18.3 Å². The van der Waals surface area contributed by atoms with Crippen LogP contribution in [0.5, 0.6) is 5.75 Å². The quantitative estimate of drug-likeness (QED) is 0.534. The van der Waals surface area contributed by atoms with Gasteiger partial charge in [0.15, 0.2) is 12.3 Å². The molecule has 2 atom stereocenters. The number of nitrogens with one attached hydrogen (secondary N) is 1. The van der Waals surface area contributed by atoms with Crippen LogP contribution in [0.1, 0.15) is 27.8 Å². The highest BCUT2D eigenvalue weighted by Crippen LogP contribution is 2.38. The SMILES string of the molecule is [2H]C([2H])(Oc1cc2cc(Cc3nc(N4C[C@@H](C)C(F)(F)[C@@H](C)C4)ncc3Cl)ccc2n(C)c1=O)C(=O)NC. The van der Waals surface area contributed by atoms with E-state index in [0.717, 1.165) is 5.56 Å². The Labute approximate surface area is 215 Å². The van der Waals surface area contributed by atoms with Gasteiger partial charge in [0.25, 0.3) is 17.4 Å². The summed E-state index contributed by atoms with van der Waals surface area (Å²) in [6.45, 7) is 0.522. The summed E-state index contributed by atoms with van der Waals surface area (Å²) in [5.74, 6) is -5.49. The summed E-state index contributed by atoms with van der Waals surface area (Å²) < 4.78 is 50.7. The van der Waals surface area contributed by atoms with E-state index in [0.29, 0.717) is 27.6 Å². The maximum atomic E-state index is 14.3. The standard InChI is InChI=1S/C25H28ClF2N5O3/c1-14-11-33(12-15(2)25(14,27)28)24-30-10-18(26)19(31-24)8-16-5-6-20-17(7-16)9-21(23(35)32(20)4)36-13-22(34)29-3/h5-7,9-10,14-15H,8,11-13H2,1-4H3,(H,29,34)/t14-,15+/i13D2. The first kappa shape index (κ1) is 23.1. The molecule has 0 bridgehead atoms. The molecule has 1 N–H and O–H groups in total. The van der Waals surface area contributed by atoms with Crippen molar-refractivity contribution in [1.29, 1.82) is 0 Å². The van der Waals surface area contributed by atoms with Crippen molar-refractivity contribution in [3.8, 4) is 5.75 Å². The van der Waals surface area contributed by atoms with Crippen molar-refractivity contribution in [1.82, 2.24) is 19.9 Å². The highest BCUT2D eigenvalue weighted by molar-refractivity contribution is 6.31. The van der Waals surface area contributed by atoms with Crippen LogP contribution in [0.25, 0.3) is 10.9 Å². The first-order valence-electron chi connectivity index (χ1n) is 12.4. The predicted molar refractivity (Wildman–Crippen MR) is 134 cm³/mol. The number of hydrogen-bond acceptors (Lipinski definition) is 6. The second kappa shape index (κ2) is 10.0. The van der Waals surface area contributed by atoms with E-state index in [4.69, 9.17) is 19.1 Å². The number of piperidine rings is 1. The zero-order valence-corrected chi connectivity index (χ0v) is 21.1. The number of pyridine rings is 1. The molecular formula is C25H28ClF2N5O3. The molecule has 0 unspecified atom stereocenters. The van der Waals surface area contributed by atoms with Gasteiger partial charge in [0.05, 0.1) is 25.2 Å². The van der Waals surface area contributed by atoms with E-state index < -0.39 is 35.8 Å². The van der Waals surface area contributed by atoms with Crippen LogP contribution in [0, 0.1) is 11.8 Å². The topological polar surface area (TPSA) is 89.3 Å². The van der Waals surface area contributed by atoms with E-state index >= 15 is 0 Å². The Morgan fingerprint density at radius 2 is 2.00 bits per heavy atom. The Hall–Kier alpha value is -3.27. The summed E-state index contributed by atoms with van der Waals surface area (Å²) >= 11 is 6.38. The van der Waals surface area contributed by atoms with Gasteiger partial charge in [-0.3, -0.25) is 9.59 Å². The van der Waals surface area contributed by atoms with Gasteiger partial charge in [0.1, 0.15) is 0 Å². The van der Waals surface area contributed by atoms with Gasteiger partial charge in [0, 0.05) is 50.8 Å². The molecule has 4 rings (SSSR count). The molecule has 11 heteroatoms. The molecule has 192 valence electrons. The lowest BCUT2D eigenvalue weighted by Crippen LogP contribution is -2.52. The zero-order valence-electron chi connectivity index (χ0n) is 22.3. The second-order valence-electron chi connectivity index (χ2n) is 9.07. The number of aryl methyl sites for hydroxylation is 1.